The van der Waals surface area contributed by atoms with Crippen molar-refractivity contribution in [2.75, 3.05) is 0 Å². The Hall–Kier alpha value is -2.22. The molecular formula is C18H21NO5S. The highest BCUT2D eigenvalue weighted by atomic mass is 32.2. The third-order valence-corrected chi connectivity index (χ3v) is 5.28. The number of hydrogen-bond acceptors (Lipinski definition) is 4. The summed E-state index contributed by atoms with van der Waals surface area (Å²) in [7, 11) is -3.93. The topological polar surface area (TPSA) is 104 Å². The van der Waals surface area contributed by atoms with Gasteiger partial charge in [-0.3, -0.25) is 4.79 Å². The molecule has 1 atom stereocenters. The van der Waals surface area contributed by atoms with Crippen LogP contribution in [0.25, 0.3) is 11.1 Å². The van der Waals surface area contributed by atoms with Crippen LogP contribution >= 0.6 is 0 Å². The summed E-state index contributed by atoms with van der Waals surface area (Å²) in [6, 6.07) is 12.3. The Labute approximate surface area is 147 Å². The molecule has 7 heteroatoms. The summed E-state index contributed by atoms with van der Waals surface area (Å²) in [5.41, 5.74) is 2.42. The highest BCUT2D eigenvalue weighted by molar-refractivity contribution is 7.89. The van der Waals surface area contributed by atoms with Crippen molar-refractivity contribution in [1.29, 1.82) is 0 Å². The first-order valence-corrected chi connectivity index (χ1v) is 9.28. The van der Waals surface area contributed by atoms with Crippen LogP contribution in [0.4, 0.5) is 0 Å². The van der Waals surface area contributed by atoms with Crippen LogP contribution in [-0.4, -0.2) is 30.6 Å². The van der Waals surface area contributed by atoms with Gasteiger partial charge in [0.15, 0.2) is 0 Å². The first kappa shape index (κ1) is 19.1. The van der Waals surface area contributed by atoms with Gasteiger partial charge in [0.2, 0.25) is 10.0 Å². The van der Waals surface area contributed by atoms with Gasteiger partial charge in [0, 0.05) is 0 Å². The molecule has 0 radical (unpaired) electrons. The molecule has 3 N–H and O–H groups in total. The molecule has 0 aliphatic rings. The zero-order valence-electron chi connectivity index (χ0n) is 14.0. The van der Waals surface area contributed by atoms with E-state index >= 15 is 0 Å². The van der Waals surface area contributed by atoms with E-state index < -0.39 is 22.0 Å². The van der Waals surface area contributed by atoms with Crippen LogP contribution in [0.2, 0.25) is 0 Å². The van der Waals surface area contributed by atoms with Crippen LogP contribution in [0, 0.1) is 5.92 Å². The van der Waals surface area contributed by atoms with Crippen LogP contribution in [0.3, 0.4) is 0 Å². The fourth-order valence-corrected chi connectivity index (χ4v) is 3.72. The van der Waals surface area contributed by atoms with Crippen molar-refractivity contribution in [2.45, 2.75) is 31.4 Å². The molecule has 0 saturated carbocycles. The molecular weight excluding hydrogens is 342 g/mol. The predicted molar refractivity (Wildman–Crippen MR) is 94.4 cm³/mol. The molecule has 0 aliphatic carbocycles. The van der Waals surface area contributed by atoms with E-state index in [-0.39, 0.29) is 17.4 Å². The lowest BCUT2D eigenvalue weighted by molar-refractivity contribution is -0.140. The van der Waals surface area contributed by atoms with E-state index in [4.69, 9.17) is 5.11 Å². The zero-order chi connectivity index (χ0) is 18.6. The van der Waals surface area contributed by atoms with E-state index in [0.717, 1.165) is 16.7 Å². The van der Waals surface area contributed by atoms with Gasteiger partial charge in [0.05, 0.1) is 11.5 Å². The highest BCUT2D eigenvalue weighted by Crippen LogP contribution is 2.23. The minimum atomic E-state index is -3.93. The quantitative estimate of drug-likeness (QED) is 0.700. The van der Waals surface area contributed by atoms with Gasteiger partial charge in [0.1, 0.15) is 6.04 Å². The van der Waals surface area contributed by atoms with Gasteiger partial charge in [-0.25, -0.2) is 8.42 Å². The number of sulfonamides is 1. The second-order valence-electron chi connectivity index (χ2n) is 6.06. The second kappa shape index (κ2) is 7.77. The van der Waals surface area contributed by atoms with E-state index in [1.54, 1.807) is 32.0 Å². The van der Waals surface area contributed by atoms with Gasteiger partial charge in [-0.1, -0.05) is 44.2 Å². The van der Waals surface area contributed by atoms with Gasteiger partial charge in [0.25, 0.3) is 0 Å². The molecule has 0 heterocycles. The van der Waals surface area contributed by atoms with Gasteiger partial charge in [-0.15, -0.1) is 0 Å². The Morgan fingerprint density at radius 1 is 1.08 bits per heavy atom. The number of carbonyl (C=O) groups is 1. The van der Waals surface area contributed by atoms with Crippen LogP contribution in [0.15, 0.2) is 53.4 Å². The molecule has 0 amide bonds. The average molecular weight is 363 g/mol. The largest absolute Gasteiger partial charge is 0.480 e. The Morgan fingerprint density at radius 2 is 1.72 bits per heavy atom. The van der Waals surface area contributed by atoms with Crippen molar-refractivity contribution in [2.24, 2.45) is 5.92 Å². The standard InChI is InChI=1S/C18H21NO5S/c1-12(2)17(18(21)22)19-25(23,24)16-8-6-14(7-9-16)15-5-3-4-13(10-15)11-20/h3-10,12,17,19-20H,11H2,1-2H3,(H,21,22)/t17-/m1/s1. The maximum absolute atomic E-state index is 12.4. The van der Waals surface area contributed by atoms with E-state index in [2.05, 4.69) is 4.72 Å². The molecule has 2 rings (SSSR count). The Kier molecular flexibility index (Phi) is 5.94. The molecule has 0 aromatic heterocycles. The number of benzene rings is 2. The third kappa shape index (κ3) is 4.66. The summed E-state index contributed by atoms with van der Waals surface area (Å²) >= 11 is 0. The lowest BCUT2D eigenvalue weighted by Crippen LogP contribution is -2.44. The number of carboxylic acid groups (broad SMARTS) is 1. The number of hydrogen-bond donors (Lipinski definition) is 3. The lowest BCUT2D eigenvalue weighted by atomic mass is 10.0. The Morgan fingerprint density at radius 3 is 2.24 bits per heavy atom. The molecule has 6 nitrogen and oxygen atoms in total. The molecule has 2 aromatic carbocycles. The van der Waals surface area contributed by atoms with Crippen LogP contribution in [0.1, 0.15) is 19.4 Å². The Balaban J connectivity index is 2.27. The minimum Gasteiger partial charge on any atom is -0.480 e. The fraction of sp³-hybridized carbons (Fsp3) is 0.278. The summed E-state index contributed by atoms with van der Waals surface area (Å²) in [5, 5.41) is 18.3. The van der Waals surface area contributed by atoms with Crippen molar-refractivity contribution in [1.82, 2.24) is 4.72 Å². The van der Waals surface area contributed by atoms with Crippen molar-refractivity contribution in [3.8, 4) is 11.1 Å². The Bertz CT molecular complexity index is 844. The van der Waals surface area contributed by atoms with Gasteiger partial charge in [-0.05, 0) is 40.8 Å². The molecule has 0 fully saturated rings. The third-order valence-electron chi connectivity index (χ3n) is 3.82. The van der Waals surface area contributed by atoms with E-state index in [1.165, 1.54) is 12.1 Å². The second-order valence-corrected chi connectivity index (χ2v) is 7.78. The first-order chi connectivity index (χ1) is 11.7. The lowest BCUT2D eigenvalue weighted by Gasteiger charge is -2.18. The normalized spacial score (nSPS) is 13.0. The van der Waals surface area contributed by atoms with Crippen LogP contribution < -0.4 is 4.72 Å². The molecule has 25 heavy (non-hydrogen) atoms. The number of rotatable bonds is 7. The summed E-state index contributed by atoms with van der Waals surface area (Å²) in [4.78, 5) is 11.2. The fourth-order valence-electron chi connectivity index (χ4n) is 2.38. The molecule has 0 spiro atoms. The molecule has 0 bridgehead atoms. The van der Waals surface area contributed by atoms with Crippen molar-refractivity contribution in [3.05, 3.63) is 54.1 Å². The van der Waals surface area contributed by atoms with E-state index in [9.17, 15) is 18.3 Å². The molecule has 0 unspecified atom stereocenters. The summed E-state index contributed by atoms with van der Waals surface area (Å²) < 4.78 is 27.0. The SMILES string of the molecule is CC(C)[C@@H](NS(=O)(=O)c1ccc(-c2cccc(CO)c2)cc1)C(=O)O. The van der Waals surface area contributed by atoms with Crippen molar-refractivity contribution < 1.29 is 23.4 Å². The predicted octanol–water partition coefficient (Wildman–Crippen LogP) is 2.23. The van der Waals surface area contributed by atoms with Gasteiger partial charge < -0.3 is 10.2 Å². The van der Waals surface area contributed by atoms with Crippen molar-refractivity contribution >= 4 is 16.0 Å². The van der Waals surface area contributed by atoms with Gasteiger partial charge >= 0.3 is 5.97 Å². The van der Waals surface area contributed by atoms with Crippen LogP contribution in [0.5, 0.6) is 0 Å². The summed E-state index contributed by atoms with van der Waals surface area (Å²) in [6.07, 6.45) is 0. The van der Waals surface area contributed by atoms with Gasteiger partial charge in [-0.2, -0.15) is 4.72 Å². The maximum atomic E-state index is 12.4. The molecule has 0 saturated heterocycles. The number of aliphatic hydroxyl groups excluding tert-OH is 1. The van der Waals surface area contributed by atoms with Crippen LogP contribution in [-0.2, 0) is 21.4 Å². The monoisotopic (exact) mass is 363 g/mol. The molecule has 134 valence electrons. The highest BCUT2D eigenvalue weighted by Gasteiger charge is 2.27. The summed E-state index contributed by atoms with van der Waals surface area (Å²) in [5.74, 6) is -1.59. The number of carboxylic acids is 1. The molecule has 0 aliphatic heterocycles. The number of aliphatic hydroxyl groups is 1. The first-order valence-electron chi connectivity index (χ1n) is 7.80. The molecule has 2 aromatic rings. The average Bonchev–Trinajstić information content (AvgIpc) is 2.59. The van der Waals surface area contributed by atoms with Crippen molar-refractivity contribution in [3.63, 3.8) is 0 Å². The maximum Gasteiger partial charge on any atom is 0.322 e. The summed E-state index contributed by atoms with van der Waals surface area (Å²) in [6.45, 7) is 3.20. The van der Waals surface area contributed by atoms with E-state index in [1.807, 2.05) is 18.2 Å². The van der Waals surface area contributed by atoms with E-state index in [0.29, 0.717) is 0 Å². The number of nitrogens with one attached hydrogen (secondary N) is 1. The zero-order valence-corrected chi connectivity index (χ0v) is 14.8. The number of aliphatic carboxylic acids is 1. The minimum absolute atomic E-state index is 0.00135. The smallest absolute Gasteiger partial charge is 0.322 e.